The van der Waals surface area contributed by atoms with Gasteiger partial charge in [0, 0.05) is 18.7 Å². The maximum atomic E-state index is 12.3. The zero-order chi connectivity index (χ0) is 15.0. The lowest BCUT2D eigenvalue weighted by atomic mass is 10.0. The Labute approximate surface area is 121 Å². The van der Waals surface area contributed by atoms with Crippen LogP contribution in [0.25, 0.3) is 0 Å². The van der Waals surface area contributed by atoms with Gasteiger partial charge in [0.05, 0.1) is 5.60 Å². The monoisotopic (exact) mass is 278 g/mol. The SMILES string of the molecule is CCOC(C)(C)CNC(=O)c1ccccc1CCNC. The Morgan fingerprint density at radius 3 is 2.65 bits per heavy atom. The van der Waals surface area contributed by atoms with Crippen LogP contribution in [0.1, 0.15) is 36.7 Å². The Balaban J connectivity index is 2.67. The average molecular weight is 278 g/mol. The minimum atomic E-state index is -0.343. The lowest BCUT2D eigenvalue weighted by Crippen LogP contribution is -2.40. The van der Waals surface area contributed by atoms with Crippen molar-refractivity contribution in [1.29, 1.82) is 0 Å². The molecule has 0 aliphatic heterocycles. The zero-order valence-electron chi connectivity index (χ0n) is 13.0. The van der Waals surface area contributed by atoms with Crippen LogP contribution in [-0.4, -0.2) is 38.3 Å². The summed E-state index contributed by atoms with van der Waals surface area (Å²) in [6.45, 7) is 7.90. The molecule has 0 spiro atoms. The number of ether oxygens (including phenoxy) is 1. The molecule has 0 aliphatic carbocycles. The number of carbonyl (C=O) groups is 1. The summed E-state index contributed by atoms with van der Waals surface area (Å²) in [5, 5.41) is 6.06. The van der Waals surface area contributed by atoms with E-state index < -0.39 is 0 Å². The Hall–Kier alpha value is -1.39. The maximum absolute atomic E-state index is 12.3. The highest BCUT2D eigenvalue weighted by atomic mass is 16.5. The molecule has 0 radical (unpaired) electrons. The first-order valence-electron chi connectivity index (χ1n) is 7.15. The van der Waals surface area contributed by atoms with Crippen molar-refractivity contribution in [2.45, 2.75) is 32.8 Å². The number of likely N-dealkylation sites (N-methyl/N-ethyl adjacent to an activating group) is 1. The van der Waals surface area contributed by atoms with Crippen LogP contribution in [0.4, 0.5) is 0 Å². The lowest BCUT2D eigenvalue weighted by molar-refractivity contribution is -0.00816. The van der Waals surface area contributed by atoms with Crippen molar-refractivity contribution in [2.75, 3.05) is 26.7 Å². The van der Waals surface area contributed by atoms with Gasteiger partial charge in [-0.25, -0.2) is 0 Å². The highest BCUT2D eigenvalue weighted by molar-refractivity contribution is 5.95. The van der Waals surface area contributed by atoms with Crippen LogP contribution in [0, 0.1) is 0 Å². The van der Waals surface area contributed by atoms with Gasteiger partial charge in [0.1, 0.15) is 0 Å². The van der Waals surface area contributed by atoms with Gasteiger partial charge in [-0.15, -0.1) is 0 Å². The first-order chi connectivity index (χ1) is 9.50. The van der Waals surface area contributed by atoms with Crippen molar-refractivity contribution in [1.82, 2.24) is 10.6 Å². The number of carbonyl (C=O) groups excluding carboxylic acids is 1. The number of hydrogen-bond donors (Lipinski definition) is 2. The van der Waals surface area contributed by atoms with Gasteiger partial charge >= 0.3 is 0 Å². The maximum Gasteiger partial charge on any atom is 0.251 e. The first kappa shape index (κ1) is 16.7. The Morgan fingerprint density at radius 2 is 2.00 bits per heavy atom. The second-order valence-corrected chi connectivity index (χ2v) is 5.39. The summed E-state index contributed by atoms with van der Waals surface area (Å²) in [6.07, 6.45) is 0.842. The highest BCUT2D eigenvalue weighted by Crippen LogP contribution is 2.11. The predicted octanol–water partition coefficient (Wildman–Crippen LogP) is 1.99. The Bertz CT molecular complexity index is 430. The van der Waals surface area contributed by atoms with Gasteiger partial charge in [-0.1, -0.05) is 18.2 Å². The second kappa shape index (κ2) is 8.02. The third kappa shape index (κ3) is 5.31. The quantitative estimate of drug-likeness (QED) is 0.764. The van der Waals surface area contributed by atoms with E-state index in [4.69, 9.17) is 4.74 Å². The molecule has 0 aliphatic rings. The van der Waals surface area contributed by atoms with E-state index in [1.165, 1.54) is 0 Å². The number of nitrogens with one attached hydrogen (secondary N) is 2. The molecule has 2 N–H and O–H groups in total. The molecule has 0 bridgehead atoms. The van der Waals surface area contributed by atoms with E-state index in [9.17, 15) is 4.79 Å². The van der Waals surface area contributed by atoms with Crippen molar-refractivity contribution < 1.29 is 9.53 Å². The molecule has 0 fully saturated rings. The minimum absolute atomic E-state index is 0.0375. The molecule has 0 aromatic heterocycles. The van der Waals surface area contributed by atoms with Gasteiger partial charge in [-0.05, 0) is 52.4 Å². The van der Waals surface area contributed by atoms with Gasteiger partial charge < -0.3 is 15.4 Å². The van der Waals surface area contributed by atoms with Gasteiger partial charge in [-0.3, -0.25) is 4.79 Å². The van der Waals surface area contributed by atoms with E-state index >= 15 is 0 Å². The molecule has 1 amide bonds. The van der Waals surface area contributed by atoms with Crippen LogP contribution >= 0.6 is 0 Å². The summed E-state index contributed by atoms with van der Waals surface area (Å²) < 4.78 is 5.59. The molecule has 1 aromatic carbocycles. The van der Waals surface area contributed by atoms with Crippen LogP contribution in [0.2, 0.25) is 0 Å². The summed E-state index contributed by atoms with van der Waals surface area (Å²) in [5.41, 5.74) is 1.47. The Morgan fingerprint density at radius 1 is 1.30 bits per heavy atom. The molecular weight excluding hydrogens is 252 g/mol. The molecule has 1 aromatic rings. The zero-order valence-corrected chi connectivity index (χ0v) is 13.0. The van der Waals surface area contributed by atoms with Gasteiger partial charge in [0.25, 0.3) is 5.91 Å². The molecule has 0 unspecified atom stereocenters. The van der Waals surface area contributed by atoms with Crippen LogP contribution in [0.15, 0.2) is 24.3 Å². The molecule has 0 saturated heterocycles. The van der Waals surface area contributed by atoms with E-state index in [1.54, 1.807) is 0 Å². The molecule has 4 nitrogen and oxygen atoms in total. The van der Waals surface area contributed by atoms with Crippen molar-refractivity contribution in [3.05, 3.63) is 35.4 Å². The summed E-state index contributed by atoms with van der Waals surface area (Å²) in [4.78, 5) is 12.3. The van der Waals surface area contributed by atoms with Gasteiger partial charge in [0.2, 0.25) is 0 Å². The fraction of sp³-hybridized carbons (Fsp3) is 0.562. The van der Waals surface area contributed by atoms with E-state index in [-0.39, 0.29) is 11.5 Å². The van der Waals surface area contributed by atoms with Crippen LogP contribution in [0.3, 0.4) is 0 Å². The normalized spacial score (nSPS) is 11.4. The van der Waals surface area contributed by atoms with Crippen LogP contribution in [0.5, 0.6) is 0 Å². The molecule has 0 heterocycles. The van der Waals surface area contributed by atoms with Crippen molar-refractivity contribution in [3.8, 4) is 0 Å². The summed E-state index contributed by atoms with van der Waals surface area (Å²) >= 11 is 0. The number of rotatable bonds is 8. The highest BCUT2D eigenvalue weighted by Gasteiger charge is 2.19. The fourth-order valence-electron chi connectivity index (χ4n) is 2.05. The number of hydrogen-bond acceptors (Lipinski definition) is 3. The standard InChI is InChI=1S/C16H26N2O2/c1-5-20-16(2,3)12-18-15(19)14-9-7-6-8-13(14)10-11-17-4/h6-9,17H,5,10-12H2,1-4H3,(H,18,19). The summed E-state index contributed by atoms with van der Waals surface area (Å²) in [7, 11) is 1.91. The number of benzene rings is 1. The molecule has 4 heteroatoms. The average Bonchev–Trinajstić information content (AvgIpc) is 2.43. The minimum Gasteiger partial charge on any atom is -0.374 e. The lowest BCUT2D eigenvalue weighted by Gasteiger charge is -2.25. The third-order valence-electron chi connectivity index (χ3n) is 3.12. The predicted molar refractivity (Wildman–Crippen MR) is 82.1 cm³/mol. The van der Waals surface area contributed by atoms with Crippen molar-refractivity contribution in [2.24, 2.45) is 0 Å². The van der Waals surface area contributed by atoms with Crippen molar-refractivity contribution >= 4 is 5.91 Å². The number of amides is 1. The smallest absolute Gasteiger partial charge is 0.251 e. The molecule has 20 heavy (non-hydrogen) atoms. The Kier molecular flexibility index (Phi) is 6.68. The first-order valence-corrected chi connectivity index (χ1v) is 7.15. The second-order valence-electron chi connectivity index (χ2n) is 5.39. The van der Waals surface area contributed by atoms with E-state index in [1.807, 2.05) is 52.1 Å². The topological polar surface area (TPSA) is 50.4 Å². The van der Waals surface area contributed by atoms with Crippen LogP contribution < -0.4 is 10.6 Å². The fourth-order valence-corrected chi connectivity index (χ4v) is 2.05. The van der Waals surface area contributed by atoms with Crippen LogP contribution in [-0.2, 0) is 11.2 Å². The van der Waals surface area contributed by atoms with Gasteiger partial charge in [-0.2, -0.15) is 0 Å². The summed E-state index contributed by atoms with van der Waals surface area (Å²) in [5.74, 6) is -0.0375. The molecule has 0 saturated carbocycles. The van der Waals surface area contributed by atoms with E-state index in [0.717, 1.165) is 24.1 Å². The molecule has 1 rings (SSSR count). The largest absolute Gasteiger partial charge is 0.374 e. The van der Waals surface area contributed by atoms with E-state index in [0.29, 0.717) is 13.2 Å². The van der Waals surface area contributed by atoms with Crippen molar-refractivity contribution in [3.63, 3.8) is 0 Å². The van der Waals surface area contributed by atoms with E-state index in [2.05, 4.69) is 10.6 Å². The molecule has 0 atom stereocenters. The molecular formula is C16H26N2O2. The summed E-state index contributed by atoms with van der Waals surface area (Å²) in [6, 6.07) is 7.73. The molecule has 112 valence electrons. The third-order valence-corrected chi connectivity index (χ3v) is 3.12. The van der Waals surface area contributed by atoms with Gasteiger partial charge in [0.15, 0.2) is 0 Å².